The van der Waals surface area contributed by atoms with Crippen LogP contribution in [0.3, 0.4) is 0 Å². The molecule has 0 radical (unpaired) electrons. The Balaban J connectivity index is 0.788. The summed E-state index contributed by atoms with van der Waals surface area (Å²) < 4.78 is 0. The predicted molar refractivity (Wildman–Crippen MR) is 336 cm³/mol. The van der Waals surface area contributed by atoms with E-state index in [0.29, 0.717) is 0 Å². The zero-order valence-electron chi connectivity index (χ0n) is 44.1. The molecule has 2 nitrogen and oxygen atoms in total. The fourth-order valence-corrected chi connectivity index (χ4v) is 9.81. The number of aryl methyl sites for hydroxylation is 2. The highest BCUT2D eigenvalue weighted by Gasteiger charge is 2.15. The predicted octanol–water partition coefficient (Wildman–Crippen LogP) is 20.8. The van der Waals surface area contributed by atoms with Gasteiger partial charge in [0.25, 0.3) is 0 Å². The van der Waals surface area contributed by atoms with E-state index in [2.05, 4.69) is 351 Å². The number of nitrogens with zero attached hydrogens (tertiary/aromatic N) is 2. The van der Waals surface area contributed by atoms with Crippen molar-refractivity contribution in [2.24, 2.45) is 0 Å². The number of rotatable bonds is 16. The lowest BCUT2D eigenvalue weighted by atomic mass is 9.95. The third-order valence-corrected chi connectivity index (χ3v) is 14.0. The van der Waals surface area contributed by atoms with E-state index in [1.165, 1.54) is 44.5 Å². The van der Waals surface area contributed by atoms with Crippen molar-refractivity contribution < 1.29 is 0 Å². The molecule has 0 N–H and O–H groups in total. The van der Waals surface area contributed by atoms with Crippen molar-refractivity contribution in [3.8, 4) is 0 Å². The molecule has 0 aliphatic heterocycles. The van der Waals surface area contributed by atoms with E-state index in [1.807, 2.05) is 0 Å². The van der Waals surface area contributed by atoms with Crippen molar-refractivity contribution in [3.05, 3.63) is 358 Å². The highest BCUT2D eigenvalue weighted by atomic mass is 15.1. The van der Waals surface area contributed by atoms with E-state index in [0.717, 1.165) is 67.5 Å². The number of benzene rings is 11. The number of anilines is 6. The third kappa shape index (κ3) is 12.4. The molecular formula is C76H60N2. The smallest absolute Gasteiger partial charge is 0.0462 e. The van der Waals surface area contributed by atoms with Crippen LogP contribution in [-0.4, -0.2) is 0 Å². The van der Waals surface area contributed by atoms with Gasteiger partial charge >= 0.3 is 0 Å². The first-order valence-corrected chi connectivity index (χ1v) is 26.7. The van der Waals surface area contributed by atoms with Crippen LogP contribution in [0.2, 0.25) is 0 Å². The SMILES string of the molecule is Cc1ccc(N(c2ccc(C=Cc3cccc(C=Cc4ccc(N(c5ccc(C)cc5)c5ccc(C=C(c6ccccc6)c6ccccc6)cc5)cc4)c3)cc2)c2ccc(C=C(c3ccccc3)c3ccccc3)cc2)cc1. The third-order valence-electron chi connectivity index (χ3n) is 14.0. The minimum atomic E-state index is 1.09. The Morgan fingerprint density at radius 3 is 0.756 bits per heavy atom. The van der Waals surface area contributed by atoms with E-state index in [-0.39, 0.29) is 0 Å². The minimum absolute atomic E-state index is 1.09. The van der Waals surface area contributed by atoms with Crippen LogP contribution >= 0.6 is 0 Å². The monoisotopic (exact) mass is 1000 g/mol. The second-order valence-corrected chi connectivity index (χ2v) is 19.6. The van der Waals surface area contributed by atoms with Crippen LogP contribution in [-0.2, 0) is 0 Å². The Morgan fingerprint density at radius 2 is 0.474 bits per heavy atom. The van der Waals surface area contributed by atoms with Crippen LogP contribution in [0, 0.1) is 13.8 Å². The molecule has 11 aromatic carbocycles. The molecule has 2 heteroatoms. The summed E-state index contributed by atoms with van der Waals surface area (Å²) in [5, 5.41) is 0. The van der Waals surface area contributed by atoms with Gasteiger partial charge in [0.2, 0.25) is 0 Å². The average Bonchev–Trinajstić information content (AvgIpc) is 3.55. The summed E-state index contributed by atoms with van der Waals surface area (Å²) >= 11 is 0. The zero-order chi connectivity index (χ0) is 52.9. The number of hydrogen-bond acceptors (Lipinski definition) is 2. The van der Waals surface area contributed by atoms with E-state index < -0.39 is 0 Å². The van der Waals surface area contributed by atoms with Crippen LogP contribution in [0.4, 0.5) is 34.1 Å². The summed E-state index contributed by atoms with van der Waals surface area (Å²) in [6, 6.07) is 104. The summed E-state index contributed by atoms with van der Waals surface area (Å²) in [6.07, 6.45) is 13.3. The first-order chi connectivity index (χ1) is 38.5. The largest absolute Gasteiger partial charge is 0.311 e. The fraction of sp³-hybridized carbons (Fsp3) is 0.0263. The van der Waals surface area contributed by atoms with Crippen molar-refractivity contribution in [1.82, 2.24) is 0 Å². The summed E-state index contributed by atoms with van der Waals surface area (Å²) in [6.45, 7) is 4.26. The normalized spacial score (nSPS) is 11.1. The van der Waals surface area contributed by atoms with Gasteiger partial charge in [0, 0.05) is 34.1 Å². The van der Waals surface area contributed by atoms with Gasteiger partial charge in [-0.05, 0) is 172 Å². The molecule has 374 valence electrons. The summed E-state index contributed by atoms with van der Waals surface area (Å²) in [5.41, 5.74) is 23.0. The van der Waals surface area contributed by atoms with E-state index in [9.17, 15) is 0 Å². The van der Waals surface area contributed by atoms with Crippen molar-refractivity contribution in [1.29, 1.82) is 0 Å². The Labute approximate surface area is 460 Å². The summed E-state index contributed by atoms with van der Waals surface area (Å²) in [5.74, 6) is 0. The Kier molecular flexibility index (Phi) is 15.5. The molecular weight excluding hydrogens is 941 g/mol. The molecule has 0 heterocycles. The van der Waals surface area contributed by atoms with Gasteiger partial charge in [0.15, 0.2) is 0 Å². The molecule has 0 aromatic heterocycles. The molecule has 0 saturated heterocycles. The highest BCUT2D eigenvalue weighted by molar-refractivity contribution is 5.93. The first kappa shape index (κ1) is 50.2. The topological polar surface area (TPSA) is 6.48 Å². The van der Waals surface area contributed by atoms with Crippen LogP contribution in [0.1, 0.15) is 66.8 Å². The fourth-order valence-electron chi connectivity index (χ4n) is 9.81. The van der Waals surface area contributed by atoms with Crippen LogP contribution in [0.15, 0.2) is 291 Å². The lowest BCUT2D eigenvalue weighted by Gasteiger charge is -2.26. The standard InChI is InChI=1S/C76H60N2/c1-57-26-42-69(43-27-57)77(73-50-38-63(39-51-73)55-75(65-18-7-3-8-19-65)66-20-9-4-10-21-66)71-46-34-59(35-47-71)30-32-61-16-15-17-62(54-61)33-31-60-36-48-72(49-37-60)78(70-44-28-58(2)29-45-70)74-52-40-64(41-53-74)56-76(67-22-11-5-12-23-67)68-24-13-6-14-25-68/h3-56H,1-2H3. The van der Waals surface area contributed by atoms with Crippen molar-refractivity contribution in [2.75, 3.05) is 9.80 Å². The maximum absolute atomic E-state index is 2.32. The lowest BCUT2D eigenvalue weighted by Crippen LogP contribution is -2.09. The second kappa shape index (κ2) is 24.1. The Morgan fingerprint density at radius 1 is 0.231 bits per heavy atom. The van der Waals surface area contributed by atoms with Crippen molar-refractivity contribution >= 4 is 81.7 Å². The van der Waals surface area contributed by atoms with Crippen molar-refractivity contribution in [2.45, 2.75) is 13.8 Å². The average molecular weight is 1000 g/mol. The minimum Gasteiger partial charge on any atom is -0.311 e. The van der Waals surface area contributed by atoms with Gasteiger partial charge in [0.05, 0.1) is 0 Å². The van der Waals surface area contributed by atoms with Gasteiger partial charge in [-0.1, -0.05) is 248 Å². The Bertz CT molecular complexity index is 3480. The first-order valence-electron chi connectivity index (χ1n) is 26.7. The maximum atomic E-state index is 2.32. The molecule has 0 aliphatic carbocycles. The van der Waals surface area contributed by atoms with Crippen LogP contribution < -0.4 is 9.80 Å². The molecule has 11 aromatic rings. The molecule has 0 fully saturated rings. The van der Waals surface area contributed by atoms with Crippen LogP contribution in [0.5, 0.6) is 0 Å². The van der Waals surface area contributed by atoms with E-state index in [1.54, 1.807) is 0 Å². The van der Waals surface area contributed by atoms with E-state index >= 15 is 0 Å². The molecule has 0 aliphatic rings. The van der Waals surface area contributed by atoms with Gasteiger partial charge in [-0.2, -0.15) is 0 Å². The number of hydrogen-bond donors (Lipinski definition) is 0. The van der Waals surface area contributed by atoms with E-state index in [4.69, 9.17) is 0 Å². The lowest BCUT2D eigenvalue weighted by molar-refractivity contribution is 1.27. The molecule has 11 rings (SSSR count). The molecule has 0 saturated carbocycles. The molecule has 0 bridgehead atoms. The summed E-state index contributed by atoms with van der Waals surface area (Å²) in [7, 11) is 0. The Hall–Kier alpha value is -10.0. The summed E-state index contributed by atoms with van der Waals surface area (Å²) in [4.78, 5) is 4.65. The highest BCUT2D eigenvalue weighted by Crippen LogP contribution is 2.38. The van der Waals surface area contributed by atoms with Crippen molar-refractivity contribution in [3.63, 3.8) is 0 Å². The molecule has 0 atom stereocenters. The van der Waals surface area contributed by atoms with Gasteiger partial charge in [0.1, 0.15) is 0 Å². The molecule has 78 heavy (non-hydrogen) atoms. The van der Waals surface area contributed by atoms with Gasteiger partial charge in [-0.3, -0.25) is 0 Å². The quantitative estimate of drug-likeness (QED) is 0.0890. The molecule has 0 unspecified atom stereocenters. The van der Waals surface area contributed by atoms with Gasteiger partial charge < -0.3 is 9.80 Å². The van der Waals surface area contributed by atoms with Gasteiger partial charge in [-0.15, -0.1) is 0 Å². The second-order valence-electron chi connectivity index (χ2n) is 19.6. The zero-order valence-corrected chi connectivity index (χ0v) is 44.1. The van der Waals surface area contributed by atoms with Gasteiger partial charge in [-0.25, -0.2) is 0 Å². The van der Waals surface area contributed by atoms with Crippen LogP contribution in [0.25, 0.3) is 47.6 Å². The maximum Gasteiger partial charge on any atom is 0.0462 e. The molecule has 0 amide bonds. The molecule has 0 spiro atoms.